The lowest BCUT2D eigenvalue weighted by atomic mass is 9.99. The molecule has 1 aromatic heterocycles. The van der Waals surface area contributed by atoms with Crippen LogP contribution in [0, 0.1) is 11.3 Å². The first kappa shape index (κ1) is 15.9. The third-order valence-electron chi connectivity index (χ3n) is 4.06. The molecule has 2 aromatic carbocycles. The van der Waals surface area contributed by atoms with E-state index in [0.717, 1.165) is 39.8 Å². The summed E-state index contributed by atoms with van der Waals surface area (Å²) in [5, 5.41) is 10.5. The SMILES string of the molecule is N#Cc1c(-c2ccccc2)cc(-c2ccccc2)nc1SC[C@@H]1CO1. The molecule has 0 spiro atoms. The van der Waals surface area contributed by atoms with Gasteiger partial charge in [0.2, 0.25) is 0 Å². The summed E-state index contributed by atoms with van der Waals surface area (Å²) in [4.78, 5) is 4.78. The second-order valence-electron chi connectivity index (χ2n) is 5.85. The molecule has 1 atom stereocenters. The highest BCUT2D eigenvalue weighted by atomic mass is 32.2. The molecule has 1 aliphatic heterocycles. The molecule has 3 aromatic rings. The lowest BCUT2D eigenvalue weighted by Crippen LogP contribution is -1.98. The number of nitriles is 1. The van der Waals surface area contributed by atoms with E-state index in [4.69, 9.17) is 9.72 Å². The van der Waals surface area contributed by atoms with Gasteiger partial charge in [-0.2, -0.15) is 5.26 Å². The maximum absolute atomic E-state index is 9.77. The van der Waals surface area contributed by atoms with Crippen molar-refractivity contribution >= 4 is 11.8 Å². The van der Waals surface area contributed by atoms with E-state index >= 15 is 0 Å². The number of hydrogen-bond donors (Lipinski definition) is 0. The average Bonchev–Trinajstić information content (AvgIpc) is 3.51. The van der Waals surface area contributed by atoms with Gasteiger partial charge >= 0.3 is 0 Å². The number of pyridine rings is 1. The van der Waals surface area contributed by atoms with Crippen molar-refractivity contribution in [2.75, 3.05) is 12.4 Å². The van der Waals surface area contributed by atoms with Crippen molar-refractivity contribution in [1.82, 2.24) is 4.98 Å². The van der Waals surface area contributed by atoms with Gasteiger partial charge in [0, 0.05) is 16.9 Å². The monoisotopic (exact) mass is 344 g/mol. The van der Waals surface area contributed by atoms with E-state index in [0.29, 0.717) is 11.7 Å². The zero-order valence-corrected chi connectivity index (χ0v) is 14.4. The van der Waals surface area contributed by atoms with Crippen molar-refractivity contribution in [2.45, 2.75) is 11.1 Å². The maximum atomic E-state index is 9.77. The summed E-state index contributed by atoms with van der Waals surface area (Å²) in [6, 6.07) is 24.5. The minimum atomic E-state index is 0.291. The minimum Gasteiger partial charge on any atom is -0.372 e. The van der Waals surface area contributed by atoms with Crippen LogP contribution in [0.25, 0.3) is 22.4 Å². The van der Waals surface area contributed by atoms with E-state index in [2.05, 4.69) is 6.07 Å². The van der Waals surface area contributed by atoms with Crippen LogP contribution in [0.2, 0.25) is 0 Å². The quantitative estimate of drug-likeness (QED) is 0.494. The van der Waals surface area contributed by atoms with Crippen molar-refractivity contribution < 1.29 is 4.74 Å². The Hall–Kier alpha value is -2.61. The lowest BCUT2D eigenvalue weighted by molar-refractivity contribution is 0.426. The van der Waals surface area contributed by atoms with Crippen LogP contribution < -0.4 is 0 Å². The van der Waals surface area contributed by atoms with E-state index in [9.17, 15) is 5.26 Å². The smallest absolute Gasteiger partial charge is 0.115 e. The van der Waals surface area contributed by atoms with Gasteiger partial charge in [-0.05, 0) is 11.6 Å². The molecule has 2 heterocycles. The molecule has 25 heavy (non-hydrogen) atoms. The number of benzene rings is 2. The van der Waals surface area contributed by atoms with Gasteiger partial charge in [-0.1, -0.05) is 60.7 Å². The predicted molar refractivity (Wildman–Crippen MR) is 100 cm³/mol. The summed E-state index contributed by atoms with van der Waals surface area (Å²) in [7, 11) is 0. The molecule has 0 amide bonds. The van der Waals surface area contributed by atoms with E-state index in [1.165, 1.54) is 0 Å². The Morgan fingerprint density at radius 3 is 2.28 bits per heavy atom. The van der Waals surface area contributed by atoms with Crippen molar-refractivity contribution in [3.8, 4) is 28.5 Å². The van der Waals surface area contributed by atoms with Crippen molar-refractivity contribution in [3.63, 3.8) is 0 Å². The summed E-state index contributed by atoms with van der Waals surface area (Å²) < 4.78 is 5.30. The molecule has 0 aliphatic carbocycles. The molecular weight excluding hydrogens is 328 g/mol. The summed E-state index contributed by atoms with van der Waals surface area (Å²) >= 11 is 1.60. The number of rotatable bonds is 5. The standard InChI is InChI=1S/C21H16N2OS/c22-12-19-18(15-7-3-1-4-8-15)11-20(16-9-5-2-6-10-16)23-21(19)25-14-17-13-24-17/h1-11,17H,13-14H2/t17-/m0/s1. The van der Waals surface area contributed by atoms with Gasteiger partial charge in [0.15, 0.2) is 0 Å². The van der Waals surface area contributed by atoms with Gasteiger partial charge in [0.1, 0.15) is 11.1 Å². The third-order valence-corrected chi connectivity index (χ3v) is 5.17. The Morgan fingerprint density at radius 2 is 1.68 bits per heavy atom. The molecule has 122 valence electrons. The molecule has 1 aliphatic rings. The molecule has 4 rings (SSSR count). The predicted octanol–water partition coefficient (Wildman–Crippen LogP) is 4.78. The van der Waals surface area contributed by atoms with Gasteiger partial charge in [0.25, 0.3) is 0 Å². The number of aromatic nitrogens is 1. The number of ether oxygens (including phenoxy) is 1. The molecular formula is C21H16N2OS. The fourth-order valence-electron chi connectivity index (χ4n) is 2.67. The van der Waals surface area contributed by atoms with Crippen molar-refractivity contribution in [1.29, 1.82) is 5.26 Å². The summed E-state index contributed by atoms with van der Waals surface area (Å²) in [6.45, 7) is 0.804. The van der Waals surface area contributed by atoms with Crippen molar-refractivity contribution in [2.24, 2.45) is 0 Å². The van der Waals surface area contributed by atoms with Crippen LogP contribution >= 0.6 is 11.8 Å². The zero-order chi connectivity index (χ0) is 17.1. The highest BCUT2D eigenvalue weighted by Gasteiger charge is 2.24. The van der Waals surface area contributed by atoms with Crippen LogP contribution in [0.1, 0.15) is 5.56 Å². The van der Waals surface area contributed by atoms with Gasteiger partial charge in [-0.25, -0.2) is 4.98 Å². The summed E-state index contributed by atoms with van der Waals surface area (Å²) in [5.74, 6) is 0.828. The van der Waals surface area contributed by atoms with Crippen LogP contribution in [0.15, 0.2) is 71.8 Å². The number of thioether (sulfide) groups is 1. The highest BCUT2D eigenvalue weighted by Crippen LogP contribution is 2.35. The zero-order valence-electron chi connectivity index (χ0n) is 13.6. The van der Waals surface area contributed by atoms with Crippen LogP contribution in [-0.2, 0) is 4.74 Å². The van der Waals surface area contributed by atoms with Gasteiger partial charge in [-0.3, -0.25) is 0 Å². The third kappa shape index (κ3) is 3.58. The first-order valence-electron chi connectivity index (χ1n) is 8.15. The molecule has 0 unspecified atom stereocenters. The molecule has 3 nitrogen and oxygen atoms in total. The molecule has 0 bridgehead atoms. The van der Waals surface area contributed by atoms with E-state index in [1.54, 1.807) is 11.8 Å². The molecule has 4 heteroatoms. The Kier molecular flexibility index (Phi) is 4.51. The Balaban J connectivity index is 1.85. The minimum absolute atomic E-state index is 0.291. The number of epoxide rings is 1. The highest BCUT2D eigenvalue weighted by molar-refractivity contribution is 7.99. The average molecular weight is 344 g/mol. The van der Waals surface area contributed by atoms with Crippen LogP contribution in [0.3, 0.4) is 0 Å². The van der Waals surface area contributed by atoms with Crippen molar-refractivity contribution in [3.05, 3.63) is 72.3 Å². The Labute approximate surface area is 151 Å². The Bertz CT molecular complexity index is 916. The summed E-state index contributed by atoms with van der Waals surface area (Å²) in [5.41, 5.74) is 4.53. The first-order chi connectivity index (χ1) is 12.3. The van der Waals surface area contributed by atoms with Crippen LogP contribution in [0.5, 0.6) is 0 Å². The first-order valence-corrected chi connectivity index (χ1v) is 9.14. The summed E-state index contributed by atoms with van der Waals surface area (Å²) in [6.07, 6.45) is 0.291. The topological polar surface area (TPSA) is 49.2 Å². The lowest BCUT2D eigenvalue weighted by Gasteiger charge is -2.12. The van der Waals surface area contributed by atoms with Crippen LogP contribution in [0.4, 0.5) is 0 Å². The van der Waals surface area contributed by atoms with Crippen LogP contribution in [-0.4, -0.2) is 23.4 Å². The molecule has 1 saturated heterocycles. The largest absolute Gasteiger partial charge is 0.372 e. The van der Waals surface area contributed by atoms with Gasteiger partial charge < -0.3 is 4.74 Å². The fourth-order valence-corrected chi connectivity index (χ4v) is 3.67. The number of nitrogens with zero attached hydrogens (tertiary/aromatic N) is 2. The van der Waals surface area contributed by atoms with Gasteiger partial charge in [-0.15, -0.1) is 11.8 Å². The van der Waals surface area contributed by atoms with E-state index < -0.39 is 0 Å². The second kappa shape index (κ2) is 7.10. The normalized spacial score (nSPS) is 15.6. The van der Waals surface area contributed by atoms with E-state index in [-0.39, 0.29) is 0 Å². The second-order valence-corrected chi connectivity index (χ2v) is 6.85. The molecule has 0 radical (unpaired) electrons. The molecule has 1 fully saturated rings. The van der Waals surface area contributed by atoms with Gasteiger partial charge in [0.05, 0.1) is 24.0 Å². The van der Waals surface area contributed by atoms with E-state index in [1.807, 2.05) is 66.7 Å². The maximum Gasteiger partial charge on any atom is 0.115 e. The molecule has 0 N–H and O–H groups in total. The Morgan fingerprint density at radius 1 is 1.04 bits per heavy atom. The number of hydrogen-bond acceptors (Lipinski definition) is 4. The molecule has 0 saturated carbocycles. The fraction of sp³-hybridized carbons (Fsp3) is 0.143.